The fourth-order valence-electron chi connectivity index (χ4n) is 3.19. The van der Waals surface area contributed by atoms with Crippen molar-refractivity contribution in [3.8, 4) is 0 Å². The van der Waals surface area contributed by atoms with E-state index in [0.29, 0.717) is 36.0 Å². The first-order valence-electron chi connectivity index (χ1n) is 7.79. The maximum Gasteiger partial charge on any atom is 0.211 e. The molecule has 1 fully saturated rings. The molecule has 3 nitrogen and oxygen atoms in total. The standard InChI is InChI=1S/C15H31NO2S/c1-12(2)15(13(3)4)10-16-19(17,18)11-14-8-6-5-7-9-14/h12-16H,5-11H2,1-4H3. The summed E-state index contributed by atoms with van der Waals surface area (Å²) in [5, 5.41) is 0. The smallest absolute Gasteiger partial charge is 0.211 e. The van der Waals surface area contributed by atoms with Crippen LogP contribution in [-0.4, -0.2) is 20.7 Å². The molecule has 114 valence electrons. The van der Waals surface area contributed by atoms with Crippen LogP contribution in [0, 0.1) is 23.7 Å². The van der Waals surface area contributed by atoms with Gasteiger partial charge in [-0.2, -0.15) is 0 Å². The number of hydrogen-bond acceptors (Lipinski definition) is 2. The average molecular weight is 289 g/mol. The summed E-state index contributed by atoms with van der Waals surface area (Å²) in [6, 6.07) is 0. The zero-order valence-corrected chi connectivity index (χ0v) is 13.8. The minimum Gasteiger partial charge on any atom is -0.215 e. The van der Waals surface area contributed by atoms with Crippen LogP contribution in [0.2, 0.25) is 0 Å². The van der Waals surface area contributed by atoms with Crippen LogP contribution in [0.5, 0.6) is 0 Å². The SMILES string of the molecule is CC(C)C(CNS(=O)(=O)CC1CCCCC1)C(C)C. The Morgan fingerprint density at radius 2 is 1.53 bits per heavy atom. The molecule has 0 atom stereocenters. The number of rotatable bonds is 7. The lowest BCUT2D eigenvalue weighted by Gasteiger charge is -2.26. The van der Waals surface area contributed by atoms with Gasteiger partial charge in [0.15, 0.2) is 0 Å². The first-order chi connectivity index (χ1) is 8.82. The minimum absolute atomic E-state index is 0.329. The van der Waals surface area contributed by atoms with Crippen LogP contribution in [0.15, 0.2) is 0 Å². The van der Waals surface area contributed by atoms with Crippen molar-refractivity contribution in [3.05, 3.63) is 0 Å². The lowest BCUT2D eigenvalue weighted by molar-refractivity contribution is 0.288. The predicted molar refractivity (Wildman–Crippen MR) is 81.5 cm³/mol. The van der Waals surface area contributed by atoms with Crippen molar-refractivity contribution in [2.75, 3.05) is 12.3 Å². The second kappa shape index (κ2) is 7.63. The van der Waals surface area contributed by atoms with E-state index in [2.05, 4.69) is 32.4 Å². The Balaban J connectivity index is 2.45. The molecule has 0 bridgehead atoms. The van der Waals surface area contributed by atoms with Gasteiger partial charge in [0.05, 0.1) is 5.75 Å². The highest BCUT2D eigenvalue weighted by Gasteiger charge is 2.24. The van der Waals surface area contributed by atoms with Gasteiger partial charge in [-0.25, -0.2) is 13.1 Å². The topological polar surface area (TPSA) is 46.2 Å². The van der Waals surface area contributed by atoms with Gasteiger partial charge in [-0.05, 0) is 36.5 Å². The summed E-state index contributed by atoms with van der Waals surface area (Å²) in [5.41, 5.74) is 0. The normalized spacial score (nSPS) is 18.7. The Kier molecular flexibility index (Phi) is 6.81. The largest absolute Gasteiger partial charge is 0.215 e. The summed E-state index contributed by atoms with van der Waals surface area (Å²) < 4.78 is 27.1. The van der Waals surface area contributed by atoms with E-state index in [9.17, 15) is 8.42 Å². The van der Waals surface area contributed by atoms with Crippen molar-refractivity contribution in [1.29, 1.82) is 0 Å². The molecule has 0 unspecified atom stereocenters. The van der Waals surface area contributed by atoms with Crippen molar-refractivity contribution in [2.45, 2.75) is 59.8 Å². The molecular weight excluding hydrogens is 258 g/mol. The third-order valence-electron chi connectivity index (χ3n) is 4.43. The van der Waals surface area contributed by atoms with Gasteiger partial charge in [-0.1, -0.05) is 47.0 Å². The first-order valence-corrected chi connectivity index (χ1v) is 9.44. The highest BCUT2D eigenvalue weighted by Crippen LogP contribution is 2.25. The molecule has 1 rings (SSSR count). The maximum atomic E-state index is 12.1. The fraction of sp³-hybridized carbons (Fsp3) is 1.00. The van der Waals surface area contributed by atoms with Crippen LogP contribution in [0.3, 0.4) is 0 Å². The molecule has 19 heavy (non-hydrogen) atoms. The van der Waals surface area contributed by atoms with E-state index in [1.54, 1.807) is 0 Å². The summed E-state index contributed by atoms with van der Waals surface area (Å²) in [6.07, 6.45) is 5.83. The fourth-order valence-corrected chi connectivity index (χ4v) is 4.71. The molecule has 0 spiro atoms. The van der Waals surface area contributed by atoms with Gasteiger partial charge in [-0.15, -0.1) is 0 Å². The summed E-state index contributed by atoms with van der Waals surface area (Å²) in [6.45, 7) is 9.25. The van der Waals surface area contributed by atoms with Crippen molar-refractivity contribution in [2.24, 2.45) is 23.7 Å². The molecule has 0 radical (unpaired) electrons. The molecule has 1 aliphatic rings. The number of sulfonamides is 1. The molecular formula is C15H31NO2S. The Labute approximate surface area is 119 Å². The van der Waals surface area contributed by atoms with Gasteiger partial charge < -0.3 is 0 Å². The van der Waals surface area contributed by atoms with Crippen LogP contribution in [0.1, 0.15) is 59.8 Å². The molecule has 0 amide bonds. The third-order valence-corrected chi connectivity index (χ3v) is 5.95. The zero-order chi connectivity index (χ0) is 14.5. The molecule has 0 heterocycles. The monoisotopic (exact) mass is 289 g/mol. The maximum absolute atomic E-state index is 12.1. The van der Waals surface area contributed by atoms with Crippen LogP contribution < -0.4 is 4.72 Å². The van der Waals surface area contributed by atoms with Gasteiger partial charge >= 0.3 is 0 Å². The van der Waals surface area contributed by atoms with Crippen molar-refractivity contribution in [3.63, 3.8) is 0 Å². The van der Waals surface area contributed by atoms with E-state index in [-0.39, 0.29) is 0 Å². The number of hydrogen-bond donors (Lipinski definition) is 1. The molecule has 0 aromatic carbocycles. The quantitative estimate of drug-likeness (QED) is 0.780. The van der Waals surface area contributed by atoms with Gasteiger partial charge in [0.1, 0.15) is 0 Å². The van der Waals surface area contributed by atoms with E-state index in [0.717, 1.165) is 12.8 Å². The number of nitrogens with one attached hydrogen (secondary N) is 1. The van der Waals surface area contributed by atoms with Crippen LogP contribution in [0.25, 0.3) is 0 Å². The van der Waals surface area contributed by atoms with Crippen LogP contribution >= 0.6 is 0 Å². The third kappa shape index (κ3) is 6.26. The minimum atomic E-state index is -3.09. The molecule has 0 aromatic heterocycles. The second-order valence-electron chi connectivity index (χ2n) is 6.79. The van der Waals surface area contributed by atoms with Crippen LogP contribution in [0.4, 0.5) is 0 Å². The van der Waals surface area contributed by atoms with E-state index < -0.39 is 10.0 Å². The molecule has 1 aliphatic carbocycles. The predicted octanol–water partition coefficient (Wildman–Crippen LogP) is 3.41. The van der Waals surface area contributed by atoms with E-state index in [1.165, 1.54) is 19.3 Å². The average Bonchev–Trinajstić information content (AvgIpc) is 2.28. The van der Waals surface area contributed by atoms with Gasteiger partial charge in [0, 0.05) is 6.54 Å². The molecule has 0 aromatic rings. The van der Waals surface area contributed by atoms with E-state index in [4.69, 9.17) is 0 Å². The summed E-state index contributed by atoms with van der Waals surface area (Å²) >= 11 is 0. The van der Waals surface area contributed by atoms with Gasteiger partial charge in [0.25, 0.3) is 0 Å². The summed E-state index contributed by atoms with van der Waals surface area (Å²) in [4.78, 5) is 0. The Morgan fingerprint density at radius 3 is 2.00 bits per heavy atom. The zero-order valence-electron chi connectivity index (χ0n) is 13.0. The molecule has 1 saturated carbocycles. The van der Waals surface area contributed by atoms with Crippen molar-refractivity contribution in [1.82, 2.24) is 4.72 Å². The van der Waals surface area contributed by atoms with Crippen molar-refractivity contribution >= 4 is 10.0 Å². The summed E-state index contributed by atoms with van der Waals surface area (Å²) in [5.74, 6) is 2.15. The molecule has 4 heteroatoms. The second-order valence-corrected chi connectivity index (χ2v) is 8.64. The Hall–Kier alpha value is -0.0900. The van der Waals surface area contributed by atoms with Crippen molar-refractivity contribution < 1.29 is 8.42 Å². The van der Waals surface area contributed by atoms with E-state index >= 15 is 0 Å². The lowest BCUT2D eigenvalue weighted by Crippen LogP contribution is -2.37. The summed E-state index contributed by atoms with van der Waals surface area (Å²) in [7, 11) is -3.09. The molecule has 0 aliphatic heterocycles. The highest BCUT2D eigenvalue weighted by molar-refractivity contribution is 7.89. The lowest BCUT2D eigenvalue weighted by atomic mass is 9.86. The first kappa shape index (κ1) is 17.0. The van der Waals surface area contributed by atoms with Gasteiger partial charge in [0.2, 0.25) is 10.0 Å². The highest BCUT2D eigenvalue weighted by atomic mass is 32.2. The Morgan fingerprint density at radius 1 is 1.00 bits per heavy atom. The Bertz CT molecular complexity index is 335. The van der Waals surface area contributed by atoms with Gasteiger partial charge in [-0.3, -0.25) is 0 Å². The van der Waals surface area contributed by atoms with Crippen LogP contribution in [-0.2, 0) is 10.0 Å². The molecule has 1 N–H and O–H groups in total. The van der Waals surface area contributed by atoms with E-state index in [1.807, 2.05) is 0 Å². The molecule has 0 saturated heterocycles.